The molecule has 0 radical (unpaired) electrons. The average Bonchev–Trinajstić information content (AvgIpc) is 3.32. The molecule has 1 aliphatic heterocycles. The lowest BCUT2D eigenvalue weighted by molar-refractivity contribution is -0.338. The molecule has 0 aromatic rings. The average molecular weight is 999 g/mol. The second-order valence-corrected chi connectivity index (χ2v) is 20.1. The van der Waals surface area contributed by atoms with E-state index in [2.05, 4.69) is 26.0 Å². The van der Waals surface area contributed by atoms with Gasteiger partial charge in [-0.2, -0.15) is 0 Å². The molecular formula is C49H91O18P. The lowest BCUT2D eigenvalue weighted by Crippen LogP contribution is -2.67. The summed E-state index contributed by atoms with van der Waals surface area (Å²) < 4.78 is 45.5. The Bertz CT molecular complexity index is 1370. The van der Waals surface area contributed by atoms with Crippen LogP contribution in [0.15, 0.2) is 12.2 Å². The van der Waals surface area contributed by atoms with E-state index in [4.69, 9.17) is 28.0 Å². The summed E-state index contributed by atoms with van der Waals surface area (Å²) in [7, 11) is -5.37. The highest BCUT2D eigenvalue weighted by Crippen LogP contribution is 2.48. The minimum Gasteiger partial charge on any atom is -0.462 e. The maximum atomic E-state index is 13.4. The van der Waals surface area contributed by atoms with E-state index >= 15 is 0 Å². The molecule has 1 aliphatic carbocycles. The van der Waals surface area contributed by atoms with Crippen molar-refractivity contribution >= 4 is 19.8 Å². The van der Waals surface area contributed by atoms with Crippen molar-refractivity contribution in [2.24, 2.45) is 0 Å². The third-order valence-electron chi connectivity index (χ3n) is 12.7. The lowest BCUT2D eigenvalue weighted by Gasteiger charge is -2.47. The zero-order valence-electron chi connectivity index (χ0n) is 41.1. The van der Waals surface area contributed by atoms with E-state index < -0.39 is 113 Å². The van der Waals surface area contributed by atoms with Gasteiger partial charge < -0.3 is 64.7 Å². The van der Waals surface area contributed by atoms with Gasteiger partial charge in [-0.15, -0.1) is 0 Å². The number of ether oxygens (including phenoxy) is 4. The number of hydrogen-bond acceptors (Lipinski definition) is 17. The number of aliphatic hydroxyl groups excluding tert-OH is 8. The number of allylic oxidation sites excluding steroid dienone is 2. The highest BCUT2D eigenvalue weighted by Gasteiger charge is 2.55. The number of esters is 2. The van der Waals surface area contributed by atoms with Gasteiger partial charge >= 0.3 is 19.8 Å². The monoisotopic (exact) mass is 999 g/mol. The number of rotatable bonds is 40. The molecule has 2 rings (SSSR count). The Morgan fingerprint density at radius 2 is 0.971 bits per heavy atom. The van der Waals surface area contributed by atoms with Crippen molar-refractivity contribution in [3.8, 4) is 0 Å². The van der Waals surface area contributed by atoms with E-state index in [-0.39, 0.29) is 12.8 Å². The highest BCUT2D eigenvalue weighted by molar-refractivity contribution is 7.47. The molecule has 19 heteroatoms. The van der Waals surface area contributed by atoms with Crippen LogP contribution in [0.3, 0.4) is 0 Å². The van der Waals surface area contributed by atoms with Gasteiger partial charge in [0.25, 0.3) is 0 Å². The number of phosphoric acid groups is 1. The van der Waals surface area contributed by atoms with E-state index in [0.29, 0.717) is 12.8 Å². The Morgan fingerprint density at radius 1 is 0.544 bits per heavy atom. The first kappa shape index (κ1) is 62.5. The van der Waals surface area contributed by atoms with Crippen LogP contribution in [-0.2, 0) is 42.1 Å². The number of aliphatic hydroxyl groups is 8. The highest BCUT2D eigenvalue weighted by atomic mass is 31.2. The molecule has 13 unspecified atom stereocenters. The summed E-state index contributed by atoms with van der Waals surface area (Å²) in [4.78, 5) is 36.5. The fraction of sp³-hybridized carbons (Fsp3) is 0.918. The Hall–Kier alpha value is -1.61. The number of phosphoric ester groups is 1. The number of unbranched alkanes of at least 4 members (excludes halogenated alkanes) is 23. The summed E-state index contributed by atoms with van der Waals surface area (Å²) in [5, 5.41) is 82.9. The SMILES string of the molecule is CCCCCCCC/C=C\CCCCCC(=O)OCC(COP(=O)(O)OC1C(O)C(O)C(O)C(O)C1OC1OC(CO)C(O)C(O)C1O)OC(=O)CCCCCCCCCCCCCCCCC. The summed E-state index contributed by atoms with van der Waals surface area (Å²) >= 11 is 0. The van der Waals surface area contributed by atoms with Crippen LogP contribution >= 0.6 is 7.82 Å². The zero-order chi connectivity index (χ0) is 50.2. The predicted octanol–water partition coefficient (Wildman–Crippen LogP) is 6.10. The van der Waals surface area contributed by atoms with Crippen molar-refractivity contribution in [1.82, 2.24) is 0 Å². The quantitative estimate of drug-likeness (QED) is 0.0145. The summed E-state index contributed by atoms with van der Waals surface area (Å²) in [6.07, 6.45) is 10.1. The molecule has 68 heavy (non-hydrogen) atoms. The second-order valence-electron chi connectivity index (χ2n) is 18.7. The topological polar surface area (TPSA) is 289 Å². The van der Waals surface area contributed by atoms with E-state index in [9.17, 15) is 59.9 Å². The smallest absolute Gasteiger partial charge is 0.462 e. The van der Waals surface area contributed by atoms with Gasteiger partial charge in [-0.05, 0) is 38.5 Å². The van der Waals surface area contributed by atoms with Crippen LogP contribution < -0.4 is 0 Å². The predicted molar refractivity (Wildman–Crippen MR) is 254 cm³/mol. The number of hydrogen-bond donors (Lipinski definition) is 9. The van der Waals surface area contributed by atoms with Crippen LogP contribution in [0.4, 0.5) is 0 Å². The number of carbonyl (C=O) groups is 2. The molecule has 2 fully saturated rings. The van der Waals surface area contributed by atoms with E-state index in [1.165, 1.54) is 103 Å². The van der Waals surface area contributed by atoms with E-state index in [0.717, 1.165) is 51.4 Å². The third-order valence-corrected chi connectivity index (χ3v) is 13.7. The van der Waals surface area contributed by atoms with Gasteiger partial charge in [0.1, 0.15) is 67.6 Å². The minimum absolute atomic E-state index is 0.0345. The summed E-state index contributed by atoms with van der Waals surface area (Å²) in [5.74, 6) is -1.23. The first-order chi connectivity index (χ1) is 32.7. The molecule has 0 amide bonds. The summed E-state index contributed by atoms with van der Waals surface area (Å²) in [6.45, 7) is 2.22. The second kappa shape index (κ2) is 37.2. The van der Waals surface area contributed by atoms with Crippen molar-refractivity contribution in [1.29, 1.82) is 0 Å². The fourth-order valence-electron chi connectivity index (χ4n) is 8.40. The van der Waals surface area contributed by atoms with Crippen molar-refractivity contribution in [2.75, 3.05) is 19.8 Å². The van der Waals surface area contributed by atoms with Crippen LogP contribution in [0.2, 0.25) is 0 Å². The first-order valence-corrected chi connectivity index (χ1v) is 27.5. The lowest BCUT2D eigenvalue weighted by atomic mass is 9.84. The molecule has 1 heterocycles. The Kier molecular flexibility index (Phi) is 34.2. The molecule has 13 atom stereocenters. The Balaban J connectivity index is 1.94. The van der Waals surface area contributed by atoms with Gasteiger partial charge in [0, 0.05) is 12.8 Å². The molecule has 0 aromatic carbocycles. The van der Waals surface area contributed by atoms with Gasteiger partial charge in [-0.25, -0.2) is 4.57 Å². The van der Waals surface area contributed by atoms with Crippen LogP contribution in [0.5, 0.6) is 0 Å². The Labute approximate surface area is 405 Å². The molecule has 1 saturated heterocycles. The van der Waals surface area contributed by atoms with E-state index in [1.54, 1.807) is 0 Å². The van der Waals surface area contributed by atoms with Gasteiger partial charge in [0.15, 0.2) is 12.4 Å². The molecule has 0 bridgehead atoms. The Morgan fingerprint density at radius 3 is 1.47 bits per heavy atom. The van der Waals surface area contributed by atoms with Crippen molar-refractivity contribution in [2.45, 2.75) is 267 Å². The van der Waals surface area contributed by atoms with Crippen LogP contribution in [0.25, 0.3) is 0 Å². The van der Waals surface area contributed by atoms with Gasteiger partial charge in [-0.1, -0.05) is 154 Å². The van der Waals surface area contributed by atoms with Crippen LogP contribution in [0, 0.1) is 0 Å². The third kappa shape index (κ3) is 25.7. The molecule has 400 valence electrons. The maximum absolute atomic E-state index is 13.4. The molecule has 0 aromatic heterocycles. The van der Waals surface area contributed by atoms with Gasteiger partial charge in [0.2, 0.25) is 0 Å². The molecule has 2 aliphatic rings. The van der Waals surface area contributed by atoms with Crippen LogP contribution in [-0.4, -0.2) is 151 Å². The first-order valence-electron chi connectivity index (χ1n) is 26.0. The summed E-state index contributed by atoms with van der Waals surface area (Å²) in [6, 6.07) is 0. The molecule has 18 nitrogen and oxygen atoms in total. The molecular weight excluding hydrogens is 907 g/mol. The largest absolute Gasteiger partial charge is 0.472 e. The number of carbonyl (C=O) groups excluding carboxylic acids is 2. The molecule has 9 N–H and O–H groups in total. The minimum atomic E-state index is -5.37. The van der Waals surface area contributed by atoms with Crippen molar-refractivity contribution in [3.05, 3.63) is 12.2 Å². The molecule has 0 spiro atoms. The van der Waals surface area contributed by atoms with Crippen LogP contribution in [0.1, 0.15) is 194 Å². The van der Waals surface area contributed by atoms with Gasteiger partial charge in [0.05, 0.1) is 13.2 Å². The van der Waals surface area contributed by atoms with Crippen molar-refractivity contribution < 1.29 is 87.9 Å². The fourth-order valence-corrected chi connectivity index (χ4v) is 9.37. The summed E-state index contributed by atoms with van der Waals surface area (Å²) in [5.41, 5.74) is 0. The molecule has 1 saturated carbocycles. The maximum Gasteiger partial charge on any atom is 0.472 e. The zero-order valence-corrected chi connectivity index (χ0v) is 42.0. The van der Waals surface area contributed by atoms with Gasteiger partial charge in [-0.3, -0.25) is 18.6 Å². The standard InChI is InChI=1S/C49H91O18P/c1-3-5-7-9-11-13-15-17-18-20-22-24-26-28-30-32-39(52)64-36(34-62-38(51)31-29-27-25-23-21-19-16-14-12-10-8-6-4-2)35-63-68(60,61)67-48-45(58)43(56)42(55)44(57)47(48)66-49-46(59)41(54)40(53)37(33-50)65-49/h19,21,36-37,40-50,53-59H,3-18,20,22-35H2,1-2H3,(H,60,61)/b21-19-. The van der Waals surface area contributed by atoms with E-state index in [1.807, 2.05) is 0 Å². The van der Waals surface area contributed by atoms with Crippen molar-refractivity contribution in [3.63, 3.8) is 0 Å². The normalized spacial score (nSPS) is 27.8.